The Morgan fingerprint density at radius 1 is 1.20 bits per heavy atom. The van der Waals surface area contributed by atoms with E-state index >= 15 is 0 Å². The lowest BCUT2D eigenvalue weighted by Crippen LogP contribution is -2.30. The van der Waals surface area contributed by atoms with Gasteiger partial charge in [0.2, 0.25) is 5.95 Å². The van der Waals surface area contributed by atoms with Crippen LogP contribution in [0.1, 0.15) is 38.1 Å². The van der Waals surface area contributed by atoms with Crippen molar-refractivity contribution >= 4 is 22.8 Å². The molecule has 9 nitrogen and oxygen atoms in total. The van der Waals surface area contributed by atoms with E-state index in [0.717, 1.165) is 24.2 Å². The number of nitrogens with zero attached hydrogens (tertiary/aromatic N) is 6. The molecule has 0 aliphatic heterocycles. The van der Waals surface area contributed by atoms with Gasteiger partial charge in [0.1, 0.15) is 18.5 Å². The fourth-order valence-corrected chi connectivity index (χ4v) is 3.81. The molecule has 1 aliphatic rings. The Morgan fingerprint density at radius 2 is 1.97 bits per heavy atom. The average molecular weight is 412 g/mol. The largest absolute Gasteiger partial charge is 0.491 e. The van der Waals surface area contributed by atoms with Gasteiger partial charge in [-0.2, -0.15) is 4.98 Å². The second-order valence-electron chi connectivity index (χ2n) is 8.10. The number of likely N-dealkylation sites (N-methyl/N-ethyl adjacent to an activating group) is 1. The van der Waals surface area contributed by atoms with E-state index in [1.807, 2.05) is 47.9 Å². The molecule has 1 atom stereocenters. The number of benzene rings is 1. The molecular formula is C21H29N7O2. The molecule has 0 radical (unpaired) electrons. The molecule has 160 valence electrons. The highest BCUT2D eigenvalue weighted by atomic mass is 16.5. The minimum atomic E-state index is -0.527. The molecule has 2 aromatic heterocycles. The third-order valence-corrected chi connectivity index (χ3v) is 5.27. The van der Waals surface area contributed by atoms with Crippen LogP contribution >= 0.6 is 0 Å². The van der Waals surface area contributed by atoms with Crippen molar-refractivity contribution in [3.63, 3.8) is 0 Å². The minimum Gasteiger partial charge on any atom is -0.491 e. The predicted octanol–water partition coefficient (Wildman–Crippen LogP) is 2.77. The number of hydrogen-bond donors (Lipinski definition) is 2. The summed E-state index contributed by atoms with van der Waals surface area (Å²) in [5.41, 5.74) is 2.34. The second-order valence-corrected chi connectivity index (χ2v) is 8.10. The highest BCUT2D eigenvalue weighted by Crippen LogP contribution is 2.29. The topological polar surface area (TPSA) is 101 Å². The lowest BCUT2D eigenvalue weighted by molar-refractivity contribution is 0.0831. The van der Waals surface area contributed by atoms with Gasteiger partial charge in [-0.1, -0.05) is 24.5 Å². The Bertz CT molecular complexity index is 952. The summed E-state index contributed by atoms with van der Waals surface area (Å²) in [5, 5.41) is 21.7. The van der Waals surface area contributed by atoms with Crippen LogP contribution in [0.3, 0.4) is 0 Å². The van der Waals surface area contributed by atoms with Crippen molar-refractivity contribution in [2.45, 2.75) is 44.2 Å². The number of aliphatic hydroxyl groups excluding tert-OH is 1. The van der Waals surface area contributed by atoms with Crippen molar-refractivity contribution in [2.24, 2.45) is 0 Å². The van der Waals surface area contributed by atoms with Gasteiger partial charge in [0.05, 0.1) is 12.2 Å². The lowest BCUT2D eigenvalue weighted by Gasteiger charge is -2.21. The Kier molecular flexibility index (Phi) is 6.39. The standard InChI is InChI=1S/C21H29N7O2/c1-27(2)13-17(29)14-30-18-10-8-15(9-11-18)23-21-22-12-19-20(24-21)28(26-25-19)16-6-4-3-5-7-16/h8-12,16-17,29H,3-7,13-14H2,1-2H3,(H,22,23,24). The molecule has 0 saturated heterocycles. The lowest BCUT2D eigenvalue weighted by atomic mass is 9.96. The van der Waals surface area contributed by atoms with E-state index in [-0.39, 0.29) is 6.61 Å². The highest BCUT2D eigenvalue weighted by Gasteiger charge is 2.20. The fourth-order valence-electron chi connectivity index (χ4n) is 3.81. The maximum absolute atomic E-state index is 9.91. The first kappa shape index (κ1) is 20.5. The molecule has 1 aromatic carbocycles. The van der Waals surface area contributed by atoms with Gasteiger partial charge in [-0.05, 0) is 51.2 Å². The molecule has 0 bridgehead atoms. The van der Waals surface area contributed by atoms with Gasteiger partial charge in [0.15, 0.2) is 11.2 Å². The van der Waals surface area contributed by atoms with Gasteiger partial charge in [0.25, 0.3) is 0 Å². The van der Waals surface area contributed by atoms with Crippen LogP contribution in [0.4, 0.5) is 11.6 Å². The average Bonchev–Trinajstić information content (AvgIpc) is 3.17. The Hall–Kier alpha value is -2.78. The highest BCUT2D eigenvalue weighted by molar-refractivity contribution is 5.71. The molecule has 9 heteroatoms. The predicted molar refractivity (Wildman–Crippen MR) is 115 cm³/mol. The Balaban J connectivity index is 1.41. The van der Waals surface area contributed by atoms with Crippen molar-refractivity contribution in [1.29, 1.82) is 0 Å². The van der Waals surface area contributed by atoms with E-state index in [1.165, 1.54) is 19.3 Å². The molecule has 1 saturated carbocycles. The van der Waals surface area contributed by atoms with Crippen molar-refractivity contribution in [1.82, 2.24) is 29.9 Å². The van der Waals surface area contributed by atoms with Gasteiger partial charge in [-0.3, -0.25) is 0 Å². The zero-order valence-electron chi connectivity index (χ0n) is 17.5. The van der Waals surface area contributed by atoms with Crippen LogP contribution in [-0.2, 0) is 0 Å². The molecule has 30 heavy (non-hydrogen) atoms. The summed E-state index contributed by atoms with van der Waals surface area (Å²) in [6.45, 7) is 0.814. The number of aromatic nitrogens is 5. The van der Waals surface area contributed by atoms with E-state index in [4.69, 9.17) is 4.74 Å². The van der Waals surface area contributed by atoms with Crippen LogP contribution in [0.15, 0.2) is 30.5 Å². The summed E-state index contributed by atoms with van der Waals surface area (Å²) in [6, 6.07) is 7.88. The van der Waals surface area contributed by atoms with Crippen LogP contribution in [0, 0.1) is 0 Å². The quantitative estimate of drug-likeness (QED) is 0.584. The van der Waals surface area contributed by atoms with Gasteiger partial charge in [-0.15, -0.1) is 5.10 Å². The molecule has 3 aromatic rings. The van der Waals surface area contributed by atoms with Gasteiger partial charge >= 0.3 is 0 Å². The van der Waals surface area contributed by atoms with Crippen LogP contribution < -0.4 is 10.1 Å². The summed E-state index contributed by atoms with van der Waals surface area (Å²) < 4.78 is 7.60. The summed E-state index contributed by atoms with van der Waals surface area (Å²) in [6.07, 6.45) is 7.16. The van der Waals surface area contributed by atoms with Crippen LogP contribution in [-0.4, -0.2) is 68.3 Å². The number of hydrogen-bond acceptors (Lipinski definition) is 8. The number of anilines is 2. The molecule has 0 amide bonds. The molecule has 0 spiro atoms. The third-order valence-electron chi connectivity index (χ3n) is 5.27. The Morgan fingerprint density at radius 3 is 2.70 bits per heavy atom. The molecule has 1 aliphatic carbocycles. The zero-order valence-corrected chi connectivity index (χ0v) is 17.5. The normalized spacial score (nSPS) is 16.1. The number of aliphatic hydroxyl groups is 1. The van der Waals surface area contributed by atoms with Crippen LogP contribution in [0.25, 0.3) is 11.2 Å². The summed E-state index contributed by atoms with van der Waals surface area (Å²) in [5.74, 6) is 1.21. The van der Waals surface area contributed by atoms with Crippen molar-refractivity contribution in [3.8, 4) is 5.75 Å². The molecule has 4 rings (SSSR count). The van der Waals surface area contributed by atoms with Crippen molar-refractivity contribution < 1.29 is 9.84 Å². The summed E-state index contributed by atoms with van der Waals surface area (Å²) in [4.78, 5) is 10.9. The molecular weight excluding hydrogens is 382 g/mol. The Labute approximate surface area is 176 Å². The SMILES string of the molecule is CN(C)CC(O)COc1ccc(Nc2ncc3nnn(C4CCCCC4)c3n2)cc1. The zero-order chi connectivity index (χ0) is 20.9. The van der Waals surface area contributed by atoms with E-state index < -0.39 is 6.10 Å². The first-order valence-corrected chi connectivity index (χ1v) is 10.5. The smallest absolute Gasteiger partial charge is 0.229 e. The number of fused-ring (bicyclic) bond motifs is 1. The van der Waals surface area contributed by atoms with Gasteiger partial charge in [0, 0.05) is 12.2 Å². The molecule has 2 heterocycles. The maximum atomic E-state index is 9.91. The first-order chi connectivity index (χ1) is 14.6. The second kappa shape index (κ2) is 9.36. The molecule has 1 fully saturated rings. The number of rotatable bonds is 8. The third kappa shape index (κ3) is 5.03. The monoisotopic (exact) mass is 411 g/mol. The summed E-state index contributed by atoms with van der Waals surface area (Å²) in [7, 11) is 3.84. The first-order valence-electron chi connectivity index (χ1n) is 10.5. The fraction of sp³-hybridized carbons (Fsp3) is 0.524. The minimum absolute atomic E-state index is 0.253. The number of nitrogens with one attached hydrogen (secondary N) is 1. The molecule has 1 unspecified atom stereocenters. The van der Waals surface area contributed by atoms with E-state index in [9.17, 15) is 5.11 Å². The maximum Gasteiger partial charge on any atom is 0.229 e. The van der Waals surface area contributed by atoms with E-state index in [0.29, 0.717) is 29.8 Å². The van der Waals surface area contributed by atoms with Crippen molar-refractivity contribution in [3.05, 3.63) is 30.5 Å². The summed E-state index contributed by atoms with van der Waals surface area (Å²) >= 11 is 0. The van der Waals surface area contributed by atoms with Crippen LogP contribution in [0.2, 0.25) is 0 Å². The van der Waals surface area contributed by atoms with Gasteiger partial charge in [-0.25, -0.2) is 9.67 Å². The van der Waals surface area contributed by atoms with Gasteiger partial charge < -0.3 is 20.1 Å². The number of ether oxygens (including phenoxy) is 1. The van der Waals surface area contributed by atoms with Crippen molar-refractivity contribution in [2.75, 3.05) is 32.6 Å². The van der Waals surface area contributed by atoms with Crippen LogP contribution in [0.5, 0.6) is 5.75 Å². The van der Waals surface area contributed by atoms with E-state index in [2.05, 4.69) is 25.6 Å². The molecule has 2 N–H and O–H groups in total. The van der Waals surface area contributed by atoms with E-state index in [1.54, 1.807) is 6.20 Å².